The average molecular weight is 521 g/mol. The standard InChI is InChI=1S/C19H25ClN4O3.HI/c1-21-18(24-4-2-3-19(12-24)9-16(25)23-11-19)22-10-13-7-14(20)17-15(8-13)26-5-6-27-17;/h7-8H,2-6,9-12H2,1H3,(H,21,22)(H,23,25);1H. The number of hydrogen-bond acceptors (Lipinski definition) is 4. The normalized spacial score (nSPS) is 24.0. The first kappa shape index (κ1) is 21.3. The fourth-order valence-corrected chi connectivity index (χ4v) is 4.50. The summed E-state index contributed by atoms with van der Waals surface area (Å²) in [7, 11) is 1.79. The molecule has 28 heavy (non-hydrogen) atoms. The van der Waals surface area contributed by atoms with E-state index in [1.165, 1.54) is 0 Å². The number of piperidine rings is 1. The van der Waals surface area contributed by atoms with E-state index in [0.717, 1.165) is 44.0 Å². The molecule has 1 amide bonds. The van der Waals surface area contributed by atoms with Crippen LogP contribution < -0.4 is 20.1 Å². The Balaban J connectivity index is 0.00000225. The third kappa shape index (κ3) is 4.42. The maximum Gasteiger partial charge on any atom is 0.220 e. The van der Waals surface area contributed by atoms with Gasteiger partial charge in [-0.1, -0.05) is 11.6 Å². The minimum absolute atomic E-state index is 0. The van der Waals surface area contributed by atoms with Gasteiger partial charge >= 0.3 is 0 Å². The van der Waals surface area contributed by atoms with Crippen molar-refractivity contribution in [2.24, 2.45) is 10.4 Å². The van der Waals surface area contributed by atoms with Gasteiger partial charge in [0.05, 0.1) is 5.02 Å². The topological polar surface area (TPSA) is 75.2 Å². The van der Waals surface area contributed by atoms with Crippen LogP contribution in [0.25, 0.3) is 0 Å². The summed E-state index contributed by atoms with van der Waals surface area (Å²) >= 11 is 6.33. The Hall–Kier alpha value is -1.42. The number of aliphatic imine (C=N–C) groups is 1. The number of nitrogens with one attached hydrogen (secondary N) is 2. The van der Waals surface area contributed by atoms with Crippen molar-refractivity contribution in [3.63, 3.8) is 0 Å². The van der Waals surface area contributed by atoms with Crippen LogP contribution >= 0.6 is 35.6 Å². The smallest absolute Gasteiger partial charge is 0.220 e. The van der Waals surface area contributed by atoms with Gasteiger partial charge in [-0.05, 0) is 30.5 Å². The van der Waals surface area contributed by atoms with Crippen LogP contribution in [0.15, 0.2) is 17.1 Å². The van der Waals surface area contributed by atoms with Crippen molar-refractivity contribution in [3.8, 4) is 11.5 Å². The number of guanidine groups is 1. The van der Waals surface area contributed by atoms with E-state index in [4.69, 9.17) is 21.1 Å². The number of nitrogens with zero attached hydrogens (tertiary/aromatic N) is 2. The highest BCUT2D eigenvalue weighted by Gasteiger charge is 2.42. The van der Waals surface area contributed by atoms with E-state index in [2.05, 4.69) is 20.5 Å². The van der Waals surface area contributed by atoms with Crippen molar-refractivity contribution in [3.05, 3.63) is 22.7 Å². The lowest BCUT2D eigenvalue weighted by molar-refractivity contribution is -0.119. The van der Waals surface area contributed by atoms with Crippen LogP contribution in [0, 0.1) is 5.41 Å². The van der Waals surface area contributed by atoms with Crippen LogP contribution in [-0.4, -0.2) is 56.7 Å². The molecule has 1 aromatic rings. The second kappa shape index (κ2) is 8.94. The molecule has 2 fully saturated rings. The summed E-state index contributed by atoms with van der Waals surface area (Å²) in [5.41, 5.74) is 1.04. The highest BCUT2D eigenvalue weighted by molar-refractivity contribution is 14.0. The molecule has 9 heteroatoms. The zero-order chi connectivity index (χ0) is 18.9. The number of hydrogen-bond donors (Lipinski definition) is 2. The first-order valence-electron chi connectivity index (χ1n) is 9.39. The summed E-state index contributed by atoms with van der Waals surface area (Å²) in [5.74, 6) is 2.31. The number of amides is 1. The quantitative estimate of drug-likeness (QED) is 0.356. The fourth-order valence-electron chi connectivity index (χ4n) is 4.21. The zero-order valence-corrected chi connectivity index (χ0v) is 19.0. The lowest BCUT2D eigenvalue weighted by Gasteiger charge is -2.40. The highest BCUT2D eigenvalue weighted by atomic mass is 127. The number of carbonyl (C=O) groups is 1. The van der Waals surface area contributed by atoms with Crippen LogP contribution in [0.5, 0.6) is 11.5 Å². The van der Waals surface area contributed by atoms with E-state index in [-0.39, 0.29) is 35.3 Å². The molecule has 1 spiro atoms. The van der Waals surface area contributed by atoms with Crippen molar-refractivity contribution in [2.75, 3.05) is 39.9 Å². The number of likely N-dealkylation sites (tertiary alicyclic amines) is 1. The largest absolute Gasteiger partial charge is 0.486 e. The van der Waals surface area contributed by atoms with Gasteiger partial charge in [0.15, 0.2) is 17.5 Å². The number of ether oxygens (including phenoxy) is 2. The molecular weight excluding hydrogens is 495 g/mol. The Morgan fingerprint density at radius 1 is 1.39 bits per heavy atom. The monoisotopic (exact) mass is 520 g/mol. The summed E-state index contributed by atoms with van der Waals surface area (Å²) in [4.78, 5) is 18.4. The van der Waals surface area contributed by atoms with Crippen molar-refractivity contribution in [1.29, 1.82) is 0 Å². The van der Waals surface area contributed by atoms with Gasteiger partial charge in [-0.2, -0.15) is 0 Å². The summed E-state index contributed by atoms with van der Waals surface area (Å²) in [6.45, 7) is 4.18. The van der Waals surface area contributed by atoms with Gasteiger partial charge in [0.1, 0.15) is 13.2 Å². The fraction of sp³-hybridized carbons (Fsp3) is 0.579. The van der Waals surface area contributed by atoms with Crippen molar-refractivity contribution in [1.82, 2.24) is 15.5 Å². The van der Waals surface area contributed by atoms with Crippen molar-refractivity contribution < 1.29 is 14.3 Å². The van der Waals surface area contributed by atoms with Crippen LogP contribution in [0.1, 0.15) is 24.8 Å². The molecule has 0 aromatic heterocycles. The Morgan fingerprint density at radius 2 is 2.21 bits per heavy atom. The third-order valence-corrected chi connectivity index (χ3v) is 5.76. The summed E-state index contributed by atoms with van der Waals surface area (Å²) in [5, 5.41) is 6.97. The number of halogens is 2. The molecule has 3 aliphatic heterocycles. The Bertz CT molecular complexity index is 776. The molecule has 7 nitrogen and oxygen atoms in total. The van der Waals surface area contributed by atoms with Crippen LogP contribution in [-0.2, 0) is 11.3 Å². The number of benzene rings is 1. The lowest BCUT2D eigenvalue weighted by atomic mass is 9.79. The van der Waals surface area contributed by atoms with Crippen LogP contribution in [0.4, 0.5) is 0 Å². The first-order valence-corrected chi connectivity index (χ1v) is 9.77. The maximum atomic E-state index is 11.7. The van der Waals surface area contributed by atoms with Gasteiger partial charge in [0.2, 0.25) is 5.91 Å². The summed E-state index contributed by atoms with van der Waals surface area (Å²) in [6, 6.07) is 3.85. The lowest BCUT2D eigenvalue weighted by Crippen LogP contribution is -2.51. The highest BCUT2D eigenvalue weighted by Crippen LogP contribution is 2.38. The van der Waals surface area contributed by atoms with E-state index >= 15 is 0 Å². The minimum Gasteiger partial charge on any atom is -0.486 e. The molecule has 2 N–H and O–H groups in total. The number of rotatable bonds is 2. The van der Waals surface area contributed by atoms with E-state index in [1.54, 1.807) is 7.05 Å². The number of carbonyl (C=O) groups excluding carboxylic acids is 1. The van der Waals surface area contributed by atoms with Gasteiger partial charge < -0.3 is 25.0 Å². The van der Waals surface area contributed by atoms with Crippen LogP contribution in [0.2, 0.25) is 5.02 Å². The maximum absolute atomic E-state index is 11.7. The Kier molecular flexibility index (Phi) is 6.80. The third-order valence-electron chi connectivity index (χ3n) is 5.48. The molecule has 0 saturated carbocycles. The molecule has 2 saturated heterocycles. The molecule has 0 bridgehead atoms. The van der Waals surface area contributed by atoms with Gasteiger partial charge in [-0.3, -0.25) is 9.79 Å². The van der Waals surface area contributed by atoms with Gasteiger partial charge in [-0.25, -0.2) is 0 Å². The van der Waals surface area contributed by atoms with Gasteiger partial charge in [-0.15, -0.1) is 24.0 Å². The minimum atomic E-state index is 0. The van der Waals surface area contributed by atoms with E-state index in [1.807, 2.05) is 12.1 Å². The van der Waals surface area contributed by atoms with E-state index in [0.29, 0.717) is 42.7 Å². The van der Waals surface area contributed by atoms with Gasteiger partial charge in [0.25, 0.3) is 0 Å². The second-order valence-electron chi connectivity index (χ2n) is 7.48. The molecular formula is C19H26ClIN4O3. The molecule has 1 atom stereocenters. The summed E-state index contributed by atoms with van der Waals surface area (Å²) in [6.07, 6.45) is 2.75. The van der Waals surface area contributed by atoms with E-state index < -0.39 is 0 Å². The van der Waals surface area contributed by atoms with Gasteiger partial charge in [0, 0.05) is 45.1 Å². The van der Waals surface area contributed by atoms with Crippen molar-refractivity contribution in [2.45, 2.75) is 25.8 Å². The Morgan fingerprint density at radius 3 is 2.96 bits per heavy atom. The van der Waals surface area contributed by atoms with E-state index in [9.17, 15) is 4.79 Å². The summed E-state index contributed by atoms with van der Waals surface area (Å²) < 4.78 is 11.2. The average Bonchev–Trinajstić information content (AvgIpc) is 3.02. The molecule has 154 valence electrons. The predicted molar refractivity (Wildman–Crippen MR) is 119 cm³/mol. The molecule has 1 unspecified atom stereocenters. The number of fused-ring (bicyclic) bond motifs is 1. The molecule has 3 aliphatic rings. The predicted octanol–water partition coefficient (Wildman–Crippen LogP) is 2.41. The molecule has 4 rings (SSSR count). The SMILES string of the molecule is CN=C(NCc1cc(Cl)c2c(c1)OCCO2)N1CCCC2(CNC(=O)C2)C1.I. The molecule has 0 aliphatic carbocycles. The second-order valence-corrected chi connectivity index (χ2v) is 7.89. The van der Waals surface area contributed by atoms with Crippen LogP contribution in [0.3, 0.4) is 0 Å². The Labute approximate surface area is 187 Å². The zero-order valence-electron chi connectivity index (χ0n) is 15.9. The molecule has 0 radical (unpaired) electrons. The molecule has 3 heterocycles. The van der Waals surface area contributed by atoms with Crippen molar-refractivity contribution >= 4 is 47.4 Å². The molecule has 1 aromatic carbocycles. The first-order chi connectivity index (χ1) is 13.1.